The summed E-state index contributed by atoms with van der Waals surface area (Å²) in [5, 5.41) is 4.70. The summed E-state index contributed by atoms with van der Waals surface area (Å²) in [5.74, 6) is -0.344. The van der Waals surface area contributed by atoms with Gasteiger partial charge in [0.2, 0.25) is 0 Å². The van der Waals surface area contributed by atoms with E-state index >= 15 is 0 Å². The zero-order valence-electron chi connectivity index (χ0n) is 11.4. The van der Waals surface area contributed by atoms with E-state index in [1.807, 2.05) is 30.3 Å². The van der Waals surface area contributed by atoms with Crippen molar-refractivity contribution < 1.29 is 9.53 Å². The number of hydrogen-bond acceptors (Lipinski definition) is 6. The summed E-state index contributed by atoms with van der Waals surface area (Å²) in [5.41, 5.74) is 7.23. The lowest BCUT2D eigenvalue weighted by Gasteiger charge is -2.01. The Balaban J connectivity index is 2.28. The van der Waals surface area contributed by atoms with Crippen LogP contribution in [-0.4, -0.2) is 32.3 Å². The summed E-state index contributed by atoms with van der Waals surface area (Å²) in [7, 11) is 0. The van der Waals surface area contributed by atoms with Crippen LogP contribution in [0.15, 0.2) is 36.7 Å². The predicted molar refractivity (Wildman–Crippen MR) is 77.0 cm³/mol. The van der Waals surface area contributed by atoms with Crippen LogP contribution in [0.25, 0.3) is 16.7 Å². The highest BCUT2D eigenvalue weighted by Gasteiger charge is 2.22. The molecular formula is C14H13N5O2. The molecule has 0 aliphatic rings. The van der Waals surface area contributed by atoms with Crippen LogP contribution in [0, 0.1) is 0 Å². The Bertz CT molecular complexity index is 798. The van der Waals surface area contributed by atoms with Gasteiger partial charge >= 0.3 is 5.97 Å². The number of carbonyl (C=O) groups excluding carboxylic acids is 1. The van der Waals surface area contributed by atoms with Crippen molar-refractivity contribution in [2.75, 3.05) is 12.3 Å². The van der Waals surface area contributed by atoms with Crippen LogP contribution in [0.4, 0.5) is 5.82 Å². The molecule has 0 saturated heterocycles. The van der Waals surface area contributed by atoms with Gasteiger partial charge in [-0.15, -0.1) is 0 Å². The standard InChI is InChI=1S/C14H13N5O2/c1-2-21-14(20)11-10-12(15)16-8-17-13(10)19(18-11)9-6-4-3-5-7-9/h3-8H,2H2,1H3,(H2,15,16,17). The fourth-order valence-corrected chi connectivity index (χ4v) is 2.07. The first-order chi connectivity index (χ1) is 10.2. The molecule has 3 rings (SSSR count). The quantitative estimate of drug-likeness (QED) is 0.733. The molecule has 0 fully saturated rings. The largest absolute Gasteiger partial charge is 0.461 e. The van der Waals surface area contributed by atoms with Gasteiger partial charge in [-0.2, -0.15) is 5.10 Å². The Morgan fingerprint density at radius 3 is 2.76 bits per heavy atom. The molecule has 0 unspecified atom stereocenters. The first kappa shape index (κ1) is 13.0. The van der Waals surface area contributed by atoms with Crippen LogP contribution >= 0.6 is 0 Å². The zero-order valence-corrected chi connectivity index (χ0v) is 11.4. The van der Waals surface area contributed by atoms with Gasteiger partial charge in [0.25, 0.3) is 0 Å². The Labute approximate surface area is 120 Å². The van der Waals surface area contributed by atoms with Crippen LogP contribution in [0.2, 0.25) is 0 Å². The first-order valence-electron chi connectivity index (χ1n) is 6.44. The topological polar surface area (TPSA) is 95.9 Å². The van der Waals surface area contributed by atoms with E-state index in [1.54, 1.807) is 11.6 Å². The van der Waals surface area contributed by atoms with Crippen molar-refractivity contribution in [2.24, 2.45) is 0 Å². The van der Waals surface area contributed by atoms with E-state index < -0.39 is 5.97 Å². The minimum Gasteiger partial charge on any atom is -0.461 e. The van der Waals surface area contributed by atoms with Crippen molar-refractivity contribution in [1.29, 1.82) is 0 Å². The third kappa shape index (κ3) is 2.18. The molecule has 0 saturated carbocycles. The molecule has 0 spiro atoms. The number of ether oxygens (including phenoxy) is 1. The fourth-order valence-electron chi connectivity index (χ4n) is 2.07. The highest BCUT2D eigenvalue weighted by atomic mass is 16.5. The van der Waals surface area contributed by atoms with Gasteiger partial charge in [0.15, 0.2) is 11.3 Å². The van der Waals surface area contributed by atoms with Gasteiger partial charge in [0.1, 0.15) is 12.1 Å². The average molecular weight is 283 g/mol. The van der Waals surface area contributed by atoms with E-state index in [0.717, 1.165) is 5.69 Å². The Morgan fingerprint density at radius 1 is 1.29 bits per heavy atom. The molecule has 7 heteroatoms. The molecule has 2 heterocycles. The molecule has 21 heavy (non-hydrogen) atoms. The third-order valence-electron chi connectivity index (χ3n) is 2.96. The Hall–Kier alpha value is -2.96. The van der Waals surface area contributed by atoms with Crippen molar-refractivity contribution in [3.63, 3.8) is 0 Å². The maximum atomic E-state index is 12.0. The third-order valence-corrected chi connectivity index (χ3v) is 2.96. The van der Waals surface area contributed by atoms with Crippen LogP contribution < -0.4 is 5.73 Å². The SMILES string of the molecule is CCOC(=O)c1nn(-c2ccccc2)c2ncnc(N)c12. The zero-order chi connectivity index (χ0) is 14.8. The predicted octanol–water partition coefficient (Wildman–Crippen LogP) is 1.57. The molecule has 0 atom stereocenters. The second-order valence-corrected chi connectivity index (χ2v) is 4.27. The summed E-state index contributed by atoms with van der Waals surface area (Å²) in [4.78, 5) is 20.2. The smallest absolute Gasteiger partial charge is 0.359 e. The van der Waals surface area contributed by atoms with Crippen molar-refractivity contribution in [3.05, 3.63) is 42.4 Å². The van der Waals surface area contributed by atoms with E-state index in [4.69, 9.17) is 10.5 Å². The maximum Gasteiger partial charge on any atom is 0.359 e. The number of hydrogen-bond donors (Lipinski definition) is 1. The molecule has 0 amide bonds. The molecule has 7 nitrogen and oxygen atoms in total. The number of para-hydroxylation sites is 1. The van der Waals surface area contributed by atoms with Crippen LogP contribution in [-0.2, 0) is 4.74 Å². The molecule has 2 aromatic heterocycles. The average Bonchev–Trinajstić information content (AvgIpc) is 2.89. The monoisotopic (exact) mass is 283 g/mol. The van der Waals surface area contributed by atoms with E-state index in [-0.39, 0.29) is 18.1 Å². The van der Waals surface area contributed by atoms with Crippen molar-refractivity contribution in [1.82, 2.24) is 19.7 Å². The molecule has 2 N–H and O–H groups in total. The molecule has 0 radical (unpaired) electrons. The highest BCUT2D eigenvalue weighted by molar-refractivity contribution is 6.05. The normalized spacial score (nSPS) is 10.7. The van der Waals surface area contributed by atoms with Gasteiger partial charge in [-0.25, -0.2) is 19.4 Å². The number of rotatable bonds is 3. The lowest BCUT2D eigenvalue weighted by atomic mass is 10.3. The summed E-state index contributed by atoms with van der Waals surface area (Å²) in [6, 6.07) is 9.36. The maximum absolute atomic E-state index is 12.0. The van der Waals surface area contributed by atoms with Crippen molar-refractivity contribution in [3.8, 4) is 5.69 Å². The van der Waals surface area contributed by atoms with Crippen molar-refractivity contribution >= 4 is 22.8 Å². The highest BCUT2D eigenvalue weighted by Crippen LogP contribution is 2.24. The number of anilines is 1. The van der Waals surface area contributed by atoms with E-state index in [2.05, 4.69) is 15.1 Å². The summed E-state index contributed by atoms with van der Waals surface area (Å²) < 4.78 is 6.57. The van der Waals surface area contributed by atoms with Gasteiger partial charge in [0.05, 0.1) is 17.7 Å². The van der Waals surface area contributed by atoms with E-state index in [1.165, 1.54) is 6.33 Å². The summed E-state index contributed by atoms with van der Waals surface area (Å²) in [6.45, 7) is 1.99. The number of nitrogen functional groups attached to an aromatic ring is 1. The molecule has 0 aliphatic carbocycles. The number of fused-ring (bicyclic) bond motifs is 1. The molecule has 0 aliphatic heterocycles. The lowest BCUT2D eigenvalue weighted by Crippen LogP contribution is -2.07. The molecular weight excluding hydrogens is 270 g/mol. The minimum atomic E-state index is -0.543. The summed E-state index contributed by atoms with van der Waals surface area (Å²) >= 11 is 0. The number of nitrogens with zero attached hydrogens (tertiary/aromatic N) is 4. The molecule has 0 bridgehead atoms. The molecule has 106 valence electrons. The van der Waals surface area contributed by atoms with Gasteiger partial charge < -0.3 is 10.5 Å². The second-order valence-electron chi connectivity index (χ2n) is 4.27. The van der Waals surface area contributed by atoms with Gasteiger partial charge in [-0.05, 0) is 19.1 Å². The molecule has 1 aromatic carbocycles. The first-order valence-corrected chi connectivity index (χ1v) is 6.44. The number of aromatic nitrogens is 4. The van der Waals surface area contributed by atoms with E-state index in [9.17, 15) is 4.79 Å². The van der Waals surface area contributed by atoms with Crippen LogP contribution in [0.5, 0.6) is 0 Å². The number of nitrogens with two attached hydrogens (primary N) is 1. The Kier molecular flexibility index (Phi) is 3.23. The van der Waals surface area contributed by atoms with Gasteiger partial charge in [-0.3, -0.25) is 0 Å². The van der Waals surface area contributed by atoms with E-state index in [0.29, 0.717) is 11.0 Å². The second kappa shape index (κ2) is 5.20. The minimum absolute atomic E-state index is 0.119. The van der Waals surface area contributed by atoms with Crippen LogP contribution in [0.1, 0.15) is 17.4 Å². The summed E-state index contributed by atoms with van der Waals surface area (Å²) in [6.07, 6.45) is 1.34. The molecule has 3 aromatic rings. The van der Waals surface area contributed by atoms with Crippen molar-refractivity contribution in [2.45, 2.75) is 6.92 Å². The van der Waals surface area contributed by atoms with Gasteiger partial charge in [-0.1, -0.05) is 18.2 Å². The van der Waals surface area contributed by atoms with Gasteiger partial charge in [0, 0.05) is 0 Å². The number of carbonyl (C=O) groups is 1. The van der Waals surface area contributed by atoms with Crippen LogP contribution in [0.3, 0.4) is 0 Å². The lowest BCUT2D eigenvalue weighted by molar-refractivity contribution is 0.0521. The number of esters is 1. The number of benzene rings is 1. The fraction of sp³-hybridized carbons (Fsp3) is 0.143. The Morgan fingerprint density at radius 2 is 2.05 bits per heavy atom.